The van der Waals surface area contributed by atoms with Gasteiger partial charge in [-0.15, -0.1) is 0 Å². The number of nitrogens with one attached hydrogen (secondary N) is 2. The first-order valence-electron chi connectivity index (χ1n) is 8.98. The Hall–Kier alpha value is -3.47. The summed E-state index contributed by atoms with van der Waals surface area (Å²) in [6.45, 7) is 0. The molecule has 1 aliphatic carbocycles. The predicted octanol–water partition coefficient (Wildman–Crippen LogP) is 3.59. The minimum atomic E-state index is 0.246. The van der Waals surface area contributed by atoms with Crippen LogP contribution in [0.1, 0.15) is 37.8 Å². The van der Waals surface area contributed by atoms with Gasteiger partial charge in [0, 0.05) is 12.3 Å². The lowest BCUT2D eigenvalue weighted by atomic mass is 9.98. The summed E-state index contributed by atoms with van der Waals surface area (Å²) in [5, 5.41) is 19.1. The first kappa shape index (κ1) is 17.0. The highest BCUT2D eigenvalue weighted by Gasteiger charge is 2.18. The summed E-state index contributed by atoms with van der Waals surface area (Å²) in [4.78, 5) is 12.6. The van der Waals surface area contributed by atoms with Crippen LogP contribution < -0.4 is 10.1 Å². The molecular weight excluding hydrogens is 342 g/mol. The molecule has 0 atom stereocenters. The Morgan fingerprint density at radius 1 is 1.11 bits per heavy atom. The maximum atomic E-state index is 8.78. The lowest BCUT2D eigenvalue weighted by Gasteiger charge is -2.23. The van der Waals surface area contributed by atoms with E-state index in [1.54, 1.807) is 6.20 Å². The van der Waals surface area contributed by atoms with Crippen LogP contribution in [0, 0.1) is 11.3 Å². The van der Waals surface area contributed by atoms with Gasteiger partial charge in [0.1, 0.15) is 23.3 Å². The van der Waals surface area contributed by atoms with Gasteiger partial charge in [-0.3, -0.25) is 10.1 Å². The third-order valence-electron chi connectivity index (χ3n) is 4.47. The van der Waals surface area contributed by atoms with Gasteiger partial charge in [-0.05, 0) is 37.8 Å². The van der Waals surface area contributed by atoms with E-state index >= 15 is 0 Å². The number of pyridine rings is 1. The molecular formula is C19H19N7O. The molecule has 27 heavy (non-hydrogen) atoms. The monoisotopic (exact) mass is 361 g/mol. The van der Waals surface area contributed by atoms with Crippen molar-refractivity contribution >= 4 is 11.6 Å². The Kier molecular flexibility index (Phi) is 4.92. The van der Waals surface area contributed by atoms with Crippen molar-refractivity contribution in [1.29, 1.82) is 5.26 Å². The van der Waals surface area contributed by atoms with Gasteiger partial charge in [0.2, 0.25) is 0 Å². The molecule has 1 aliphatic rings. The van der Waals surface area contributed by atoms with E-state index in [-0.39, 0.29) is 11.8 Å². The normalized spacial score (nSPS) is 14.5. The third kappa shape index (κ3) is 4.03. The standard InChI is InChI=1S/C19H19N7O/c20-10-13-11-23-18(12-22-13)24-17-9-15(25-26-17)19-16(7-4-8-21-19)27-14-5-2-1-3-6-14/h4,7-9,11-12,14H,1-3,5-6H2,(H2,23,24,25,26). The van der Waals surface area contributed by atoms with Crippen LogP contribution >= 0.6 is 0 Å². The zero-order valence-corrected chi connectivity index (χ0v) is 14.7. The molecule has 1 fully saturated rings. The van der Waals surface area contributed by atoms with Gasteiger partial charge in [0.05, 0.1) is 24.2 Å². The zero-order chi connectivity index (χ0) is 18.5. The Morgan fingerprint density at radius 2 is 2.00 bits per heavy atom. The van der Waals surface area contributed by atoms with Crippen LogP contribution in [0.4, 0.5) is 11.6 Å². The van der Waals surface area contributed by atoms with Crippen molar-refractivity contribution in [2.45, 2.75) is 38.2 Å². The van der Waals surface area contributed by atoms with Crippen LogP contribution in [0.5, 0.6) is 5.75 Å². The molecule has 0 unspecified atom stereocenters. The maximum absolute atomic E-state index is 8.78. The molecule has 0 spiro atoms. The molecule has 3 aromatic rings. The van der Waals surface area contributed by atoms with Gasteiger partial charge >= 0.3 is 0 Å². The highest BCUT2D eigenvalue weighted by molar-refractivity contribution is 5.66. The molecule has 0 amide bonds. The molecule has 2 N–H and O–H groups in total. The minimum Gasteiger partial charge on any atom is -0.488 e. The van der Waals surface area contributed by atoms with E-state index < -0.39 is 0 Å². The molecule has 0 bridgehead atoms. The topological polar surface area (TPSA) is 112 Å². The molecule has 0 saturated heterocycles. The number of nitriles is 1. The number of anilines is 2. The van der Waals surface area contributed by atoms with Crippen molar-refractivity contribution in [1.82, 2.24) is 25.1 Å². The van der Waals surface area contributed by atoms with E-state index in [0.717, 1.165) is 30.0 Å². The fourth-order valence-corrected chi connectivity index (χ4v) is 3.14. The minimum absolute atomic E-state index is 0.246. The van der Waals surface area contributed by atoms with E-state index in [2.05, 4.69) is 30.5 Å². The van der Waals surface area contributed by atoms with Crippen LogP contribution in [-0.4, -0.2) is 31.3 Å². The summed E-state index contributed by atoms with van der Waals surface area (Å²) in [5.74, 6) is 1.85. The van der Waals surface area contributed by atoms with Gasteiger partial charge in [-0.1, -0.05) is 6.42 Å². The average molecular weight is 361 g/mol. The van der Waals surface area contributed by atoms with E-state index in [9.17, 15) is 0 Å². The number of hydrogen-bond acceptors (Lipinski definition) is 7. The Balaban J connectivity index is 1.51. The number of aromatic nitrogens is 5. The van der Waals surface area contributed by atoms with Crippen molar-refractivity contribution < 1.29 is 4.74 Å². The van der Waals surface area contributed by atoms with Crippen LogP contribution in [0.2, 0.25) is 0 Å². The van der Waals surface area contributed by atoms with Crippen molar-refractivity contribution in [3.8, 4) is 23.2 Å². The van der Waals surface area contributed by atoms with Gasteiger partial charge in [0.25, 0.3) is 0 Å². The zero-order valence-electron chi connectivity index (χ0n) is 14.7. The summed E-state index contributed by atoms with van der Waals surface area (Å²) in [6.07, 6.45) is 10.8. The fraction of sp³-hybridized carbons (Fsp3) is 0.316. The number of rotatable bonds is 5. The van der Waals surface area contributed by atoms with E-state index in [4.69, 9.17) is 10.00 Å². The van der Waals surface area contributed by atoms with Crippen LogP contribution in [0.25, 0.3) is 11.4 Å². The summed E-state index contributed by atoms with van der Waals surface area (Å²) in [7, 11) is 0. The molecule has 0 aliphatic heterocycles. The first-order chi connectivity index (χ1) is 13.3. The number of nitrogens with zero attached hydrogens (tertiary/aromatic N) is 5. The van der Waals surface area contributed by atoms with Crippen molar-refractivity contribution in [2.24, 2.45) is 0 Å². The molecule has 3 aromatic heterocycles. The first-order valence-corrected chi connectivity index (χ1v) is 8.98. The lowest BCUT2D eigenvalue weighted by Crippen LogP contribution is -2.20. The quantitative estimate of drug-likeness (QED) is 0.714. The molecule has 4 rings (SSSR count). The van der Waals surface area contributed by atoms with Crippen molar-refractivity contribution in [3.63, 3.8) is 0 Å². The second-order valence-electron chi connectivity index (χ2n) is 6.42. The molecule has 0 aromatic carbocycles. The van der Waals surface area contributed by atoms with Crippen molar-refractivity contribution in [3.05, 3.63) is 42.5 Å². The summed E-state index contributed by atoms with van der Waals surface area (Å²) in [5.41, 5.74) is 1.75. The summed E-state index contributed by atoms with van der Waals surface area (Å²) >= 11 is 0. The van der Waals surface area contributed by atoms with Gasteiger partial charge < -0.3 is 10.1 Å². The Morgan fingerprint density at radius 3 is 2.78 bits per heavy atom. The van der Waals surface area contributed by atoms with Gasteiger partial charge in [0.15, 0.2) is 11.5 Å². The smallest absolute Gasteiger partial charge is 0.158 e. The summed E-state index contributed by atoms with van der Waals surface area (Å²) < 4.78 is 6.21. The second-order valence-corrected chi connectivity index (χ2v) is 6.42. The Bertz CT molecular complexity index is 939. The lowest BCUT2D eigenvalue weighted by molar-refractivity contribution is 0.155. The van der Waals surface area contributed by atoms with Crippen LogP contribution in [-0.2, 0) is 0 Å². The van der Waals surface area contributed by atoms with Gasteiger partial charge in [-0.25, -0.2) is 9.97 Å². The molecule has 8 heteroatoms. The number of hydrogen-bond donors (Lipinski definition) is 2. The Labute approximate surface area is 156 Å². The number of H-pyrrole nitrogens is 1. The summed E-state index contributed by atoms with van der Waals surface area (Å²) in [6, 6.07) is 7.60. The molecule has 1 saturated carbocycles. The van der Waals surface area contributed by atoms with Crippen LogP contribution in [0.15, 0.2) is 36.8 Å². The number of aromatic amines is 1. The highest BCUT2D eigenvalue weighted by atomic mass is 16.5. The predicted molar refractivity (Wildman–Crippen MR) is 99.3 cm³/mol. The second kappa shape index (κ2) is 7.83. The van der Waals surface area contributed by atoms with Crippen molar-refractivity contribution in [2.75, 3.05) is 5.32 Å². The molecule has 3 heterocycles. The largest absolute Gasteiger partial charge is 0.488 e. The number of ether oxygens (including phenoxy) is 1. The fourth-order valence-electron chi connectivity index (χ4n) is 3.14. The van der Waals surface area contributed by atoms with E-state index in [1.807, 2.05) is 24.3 Å². The SMILES string of the molecule is N#Cc1cnc(Nc2cc(-c3ncccc3OC3CCCCC3)[nH]n2)cn1. The van der Waals surface area contributed by atoms with Gasteiger partial charge in [-0.2, -0.15) is 10.4 Å². The molecule has 0 radical (unpaired) electrons. The van der Waals surface area contributed by atoms with E-state index in [1.165, 1.54) is 31.7 Å². The highest BCUT2D eigenvalue weighted by Crippen LogP contribution is 2.31. The maximum Gasteiger partial charge on any atom is 0.158 e. The third-order valence-corrected chi connectivity index (χ3v) is 4.47. The van der Waals surface area contributed by atoms with E-state index in [0.29, 0.717) is 11.6 Å². The van der Waals surface area contributed by atoms with Crippen LogP contribution in [0.3, 0.4) is 0 Å². The molecule has 8 nitrogen and oxygen atoms in total. The average Bonchev–Trinajstić information content (AvgIpc) is 3.18. The molecule has 136 valence electrons.